The molecule has 3 aromatic rings. The van der Waals surface area contributed by atoms with E-state index in [1.165, 1.54) is 0 Å². The SMILES string of the molecule is C[C@H](NC(=O)c1cnn(C)c1-n1cccc1)c1ccco1. The van der Waals surface area contributed by atoms with Gasteiger partial charge in [0.15, 0.2) is 0 Å². The molecule has 0 aliphatic carbocycles. The molecular formula is C15H16N4O2. The van der Waals surface area contributed by atoms with E-state index in [4.69, 9.17) is 4.42 Å². The van der Waals surface area contributed by atoms with Crippen molar-refractivity contribution in [1.29, 1.82) is 0 Å². The van der Waals surface area contributed by atoms with Crippen LogP contribution < -0.4 is 5.32 Å². The van der Waals surface area contributed by atoms with Gasteiger partial charge in [-0.3, -0.25) is 9.48 Å². The third kappa shape index (κ3) is 2.47. The lowest BCUT2D eigenvalue weighted by Gasteiger charge is -2.12. The predicted octanol–water partition coefficient (Wildman–Crippen LogP) is 2.29. The number of amides is 1. The lowest BCUT2D eigenvalue weighted by Crippen LogP contribution is -2.27. The van der Waals surface area contributed by atoms with Gasteiger partial charge in [-0.1, -0.05) is 0 Å². The van der Waals surface area contributed by atoms with E-state index in [2.05, 4.69) is 10.4 Å². The first kappa shape index (κ1) is 13.2. The number of rotatable bonds is 4. The molecule has 108 valence electrons. The lowest BCUT2D eigenvalue weighted by atomic mass is 10.2. The maximum Gasteiger partial charge on any atom is 0.257 e. The summed E-state index contributed by atoms with van der Waals surface area (Å²) < 4.78 is 8.83. The van der Waals surface area contributed by atoms with Crippen LogP contribution in [0.25, 0.3) is 5.82 Å². The molecule has 0 unspecified atom stereocenters. The molecule has 0 aliphatic rings. The van der Waals surface area contributed by atoms with E-state index in [9.17, 15) is 4.79 Å². The first-order valence-electron chi connectivity index (χ1n) is 6.66. The maximum atomic E-state index is 12.5. The number of nitrogens with one attached hydrogen (secondary N) is 1. The van der Waals surface area contributed by atoms with Crippen LogP contribution in [0.2, 0.25) is 0 Å². The molecule has 6 heteroatoms. The third-order valence-electron chi connectivity index (χ3n) is 3.32. The van der Waals surface area contributed by atoms with Crippen molar-refractivity contribution in [2.75, 3.05) is 0 Å². The van der Waals surface area contributed by atoms with E-state index >= 15 is 0 Å². The Morgan fingerprint density at radius 1 is 1.33 bits per heavy atom. The monoisotopic (exact) mass is 284 g/mol. The number of aryl methyl sites for hydroxylation is 1. The van der Waals surface area contributed by atoms with Gasteiger partial charge >= 0.3 is 0 Å². The zero-order chi connectivity index (χ0) is 14.8. The van der Waals surface area contributed by atoms with Gasteiger partial charge in [-0.15, -0.1) is 0 Å². The minimum atomic E-state index is -0.204. The minimum absolute atomic E-state index is 0.185. The molecule has 0 spiro atoms. The van der Waals surface area contributed by atoms with Gasteiger partial charge in [-0.25, -0.2) is 0 Å². The van der Waals surface area contributed by atoms with Gasteiger partial charge in [0.2, 0.25) is 0 Å². The van der Waals surface area contributed by atoms with Gasteiger partial charge in [0.05, 0.1) is 18.5 Å². The van der Waals surface area contributed by atoms with E-state index in [0.717, 1.165) is 11.6 Å². The second-order valence-corrected chi connectivity index (χ2v) is 4.81. The lowest BCUT2D eigenvalue weighted by molar-refractivity contribution is 0.0935. The standard InChI is InChI=1S/C15H16N4O2/c1-11(13-6-5-9-21-13)17-14(20)12-10-16-18(2)15(12)19-7-3-4-8-19/h3-11H,1-2H3,(H,17,20)/t11-/m0/s1. The number of nitrogens with zero attached hydrogens (tertiary/aromatic N) is 3. The Labute approximate surface area is 122 Å². The molecule has 1 atom stereocenters. The molecular weight excluding hydrogens is 268 g/mol. The Bertz CT molecular complexity index is 726. The van der Waals surface area contributed by atoms with Crippen LogP contribution in [0.3, 0.4) is 0 Å². The van der Waals surface area contributed by atoms with E-state index in [1.807, 2.05) is 49.1 Å². The van der Waals surface area contributed by atoms with Crippen molar-refractivity contribution in [2.45, 2.75) is 13.0 Å². The topological polar surface area (TPSA) is 65.0 Å². The van der Waals surface area contributed by atoms with E-state index in [1.54, 1.807) is 23.2 Å². The third-order valence-corrected chi connectivity index (χ3v) is 3.32. The molecule has 0 bridgehead atoms. The number of carbonyl (C=O) groups excluding carboxylic acids is 1. The molecule has 0 saturated heterocycles. The van der Waals surface area contributed by atoms with Crippen molar-refractivity contribution in [2.24, 2.45) is 7.05 Å². The average molecular weight is 284 g/mol. The van der Waals surface area contributed by atoms with Gasteiger partial charge in [-0.05, 0) is 31.2 Å². The molecule has 0 aliphatic heterocycles. The van der Waals surface area contributed by atoms with E-state index in [0.29, 0.717) is 5.56 Å². The molecule has 3 rings (SSSR count). The van der Waals surface area contributed by atoms with Crippen LogP contribution in [-0.4, -0.2) is 20.3 Å². The van der Waals surface area contributed by atoms with Crippen molar-refractivity contribution in [3.8, 4) is 5.82 Å². The van der Waals surface area contributed by atoms with Crippen LogP contribution in [0.4, 0.5) is 0 Å². The van der Waals surface area contributed by atoms with Crippen LogP contribution in [0.5, 0.6) is 0 Å². The van der Waals surface area contributed by atoms with E-state index in [-0.39, 0.29) is 11.9 Å². The molecule has 3 aromatic heterocycles. The van der Waals surface area contributed by atoms with Crippen molar-refractivity contribution < 1.29 is 9.21 Å². The molecule has 1 amide bonds. The highest BCUT2D eigenvalue weighted by atomic mass is 16.3. The molecule has 1 N–H and O–H groups in total. The second-order valence-electron chi connectivity index (χ2n) is 4.81. The van der Waals surface area contributed by atoms with Gasteiger partial charge in [-0.2, -0.15) is 5.10 Å². The Balaban J connectivity index is 1.86. The number of aromatic nitrogens is 3. The number of hydrogen-bond donors (Lipinski definition) is 1. The van der Waals surface area contributed by atoms with Gasteiger partial charge in [0.25, 0.3) is 5.91 Å². The zero-order valence-corrected chi connectivity index (χ0v) is 11.9. The van der Waals surface area contributed by atoms with Crippen molar-refractivity contribution in [3.05, 3.63) is 60.4 Å². The van der Waals surface area contributed by atoms with Crippen LogP contribution in [0.15, 0.2) is 53.5 Å². The van der Waals surface area contributed by atoms with Gasteiger partial charge in [0, 0.05) is 19.4 Å². The number of hydrogen-bond acceptors (Lipinski definition) is 3. The molecule has 0 saturated carbocycles. The number of carbonyl (C=O) groups is 1. The number of furan rings is 1. The molecule has 0 aromatic carbocycles. The fraction of sp³-hybridized carbons (Fsp3) is 0.200. The molecule has 0 fully saturated rings. The van der Waals surface area contributed by atoms with E-state index < -0.39 is 0 Å². The fourth-order valence-corrected chi connectivity index (χ4v) is 2.26. The van der Waals surface area contributed by atoms with Gasteiger partial charge < -0.3 is 14.3 Å². The summed E-state index contributed by atoms with van der Waals surface area (Å²) in [7, 11) is 1.81. The van der Waals surface area contributed by atoms with Crippen LogP contribution in [-0.2, 0) is 7.05 Å². The van der Waals surface area contributed by atoms with Crippen LogP contribution in [0, 0.1) is 0 Å². The fourth-order valence-electron chi connectivity index (χ4n) is 2.26. The highest BCUT2D eigenvalue weighted by Gasteiger charge is 2.20. The summed E-state index contributed by atoms with van der Waals surface area (Å²) in [6.07, 6.45) is 6.92. The summed E-state index contributed by atoms with van der Waals surface area (Å²) in [6.45, 7) is 1.88. The van der Waals surface area contributed by atoms with Gasteiger partial charge in [0.1, 0.15) is 17.1 Å². The van der Waals surface area contributed by atoms with Crippen molar-refractivity contribution in [3.63, 3.8) is 0 Å². The zero-order valence-electron chi connectivity index (χ0n) is 11.9. The first-order valence-corrected chi connectivity index (χ1v) is 6.66. The van der Waals surface area contributed by atoms with Crippen LogP contribution >= 0.6 is 0 Å². The molecule has 0 radical (unpaired) electrons. The molecule has 21 heavy (non-hydrogen) atoms. The summed E-state index contributed by atoms with van der Waals surface area (Å²) in [6, 6.07) is 7.24. The predicted molar refractivity (Wildman–Crippen MR) is 77.1 cm³/mol. The molecule has 3 heterocycles. The minimum Gasteiger partial charge on any atom is -0.467 e. The van der Waals surface area contributed by atoms with Crippen molar-refractivity contribution >= 4 is 5.91 Å². The largest absolute Gasteiger partial charge is 0.467 e. The first-order chi connectivity index (χ1) is 10.2. The summed E-state index contributed by atoms with van der Waals surface area (Å²) in [4.78, 5) is 12.5. The Morgan fingerprint density at radius 3 is 2.76 bits per heavy atom. The Hall–Kier alpha value is -2.76. The summed E-state index contributed by atoms with van der Waals surface area (Å²) in [5.41, 5.74) is 0.520. The highest BCUT2D eigenvalue weighted by Crippen LogP contribution is 2.17. The molecule has 6 nitrogen and oxygen atoms in total. The smallest absolute Gasteiger partial charge is 0.257 e. The maximum absolute atomic E-state index is 12.5. The Kier molecular flexibility index (Phi) is 3.35. The highest BCUT2D eigenvalue weighted by molar-refractivity contribution is 5.97. The summed E-state index contributed by atoms with van der Waals surface area (Å²) >= 11 is 0. The normalized spacial score (nSPS) is 12.3. The summed E-state index contributed by atoms with van der Waals surface area (Å²) in [5.74, 6) is 1.26. The van der Waals surface area contributed by atoms with Crippen LogP contribution in [0.1, 0.15) is 29.1 Å². The second kappa shape index (κ2) is 5.32. The summed E-state index contributed by atoms with van der Waals surface area (Å²) in [5, 5.41) is 7.09. The quantitative estimate of drug-likeness (QED) is 0.799. The van der Waals surface area contributed by atoms with Crippen molar-refractivity contribution in [1.82, 2.24) is 19.7 Å². The average Bonchev–Trinajstić information content (AvgIpc) is 3.19. The Morgan fingerprint density at radius 2 is 2.10 bits per heavy atom.